The SMILES string of the molecule is CCCCCCCOc1ccc(C2=CC(=O)C(OC(C)=O)CC2)cc1. The van der Waals surface area contributed by atoms with Crippen LogP contribution in [0.15, 0.2) is 30.3 Å². The van der Waals surface area contributed by atoms with Gasteiger partial charge in [0.25, 0.3) is 0 Å². The molecule has 0 aromatic heterocycles. The molecule has 2 rings (SSSR count). The van der Waals surface area contributed by atoms with Crippen molar-refractivity contribution in [2.45, 2.75) is 64.9 Å². The van der Waals surface area contributed by atoms with Crippen LogP contribution < -0.4 is 4.74 Å². The number of hydrogen-bond donors (Lipinski definition) is 0. The molecule has 0 bridgehead atoms. The number of rotatable bonds is 9. The number of carbonyl (C=O) groups is 2. The Morgan fingerprint density at radius 2 is 1.84 bits per heavy atom. The summed E-state index contributed by atoms with van der Waals surface area (Å²) in [4.78, 5) is 23.0. The molecule has 4 heteroatoms. The first kappa shape index (κ1) is 19.2. The monoisotopic (exact) mass is 344 g/mol. The van der Waals surface area contributed by atoms with E-state index in [1.165, 1.54) is 32.6 Å². The summed E-state index contributed by atoms with van der Waals surface area (Å²) in [5, 5.41) is 0. The summed E-state index contributed by atoms with van der Waals surface area (Å²) in [6.07, 6.45) is 8.35. The van der Waals surface area contributed by atoms with Gasteiger partial charge >= 0.3 is 5.97 Å². The van der Waals surface area contributed by atoms with E-state index >= 15 is 0 Å². The lowest BCUT2D eigenvalue weighted by molar-refractivity contribution is -0.151. The molecule has 0 fully saturated rings. The van der Waals surface area contributed by atoms with Crippen LogP contribution in [-0.4, -0.2) is 24.5 Å². The molecule has 0 spiro atoms. The van der Waals surface area contributed by atoms with Crippen LogP contribution in [0.3, 0.4) is 0 Å². The Hall–Kier alpha value is -2.10. The maximum Gasteiger partial charge on any atom is 0.303 e. The molecule has 1 aliphatic carbocycles. The highest BCUT2D eigenvalue weighted by atomic mass is 16.5. The van der Waals surface area contributed by atoms with Crippen molar-refractivity contribution in [3.05, 3.63) is 35.9 Å². The summed E-state index contributed by atoms with van der Waals surface area (Å²) in [6.45, 7) is 4.28. The molecule has 0 saturated heterocycles. The molecular weight excluding hydrogens is 316 g/mol. The predicted octanol–water partition coefficient (Wildman–Crippen LogP) is 4.71. The van der Waals surface area contributed by atoms with Crippen molar-refractivity contribution in [1.82, 2.24) is 0 Å². The number of allylic oxidation sites excluding steroid dienone is 1. The smallest absolute Gasteiger partial charge is 0.303 e. The molecule has 136 valence electrons. The second-order valence-corrected chi connectivity index (χ2v) is 6.50. The molecule has 1 aromatic carbocycles. The van der Waals surface area contributed by atoms with E-state index in [-0.39, 0.29) is 5.78 Å². The zero-order valence-electron chi connectivity index (χ0n) is 15.3. The third-order valence-electron chi connectivity index (χ3n) is 4.36. The van der Waals surface area contributed by atoms with Gasteiger partial charge in [0, 0.05) is 6.92 Å². The quantitative estimate of drug-likeness (QED) is 0.481. The molecule has 1 unspecified atom stereocenters. The van der Waals surface area contributed by atoms with Crippen LogP contribution in [0.25, 0.3) is 5.57 Å². The lowest BCUT2D eigenvalue weighted by Crippen LogP contribution is -2.27. The first-order chi connectivity index (χ1) is 12.1. The lowest BCUT2D eigenvalue weighted by atomic mass is 9.91. The summed E-state index contributed by atoms with van der Waals surface area (Å²) < 4.78 is 10.8. The van der Waals surface area contributed by atoms with Crippen molar-refractivity contribution in [2.75, 3.05) is 6.61 Å². The molecule has 25 heavy (non-hydrogen) atoms. The summed E-state index contributed by atoms with van der Waals surface area (Å²) >= 11 is 0. The fourth-order valence-electron chi connectivity index (χ4n) is 2.97. The number of hydrogen-bond acceptors (Lipinski definition) is 4. The van der Waals surface area contributed by atoms with Crippen molar-refractivity contribution in [3.63, 3.8) is 0 Å². The van der Waals surface area contributed by atoms with Crippen LogP contribution in [0.4, 0.5) is 0 Å². The zero-order chi connectivity index (χ0) is 18.1. The number of benzene rings is 1. The number of unbranched alkanes of at least 4 members (excludes halogenated alkanes) is 4. The van der Waals surface area contributed by atoms with Gasteiger partial charge in [0.05, 0.1) is 6.61 Å². The molecule has 0 heterocycles. The average molecular weight is 344 g/mol. The van der Waals surface area contributed by atoms with Gasteiger partial charge in [-0.15, -0.1) is 0 Å². The van der Waals surface area contributed by atoms with E-state index in [0.29, 0.717) is 6.42 Å². The second-order valence-electron chi connectivity index (χ2n) is 6.50. The van der Waals surface area contributed by atoms with Gasteiger partial charge in [0.2, 0.25) is 0 Å². The van der Waals surface area contributed by atoms with Crippen molar-refractivity contribution < 1.29 is 19.1 Å². The molecule has 4 nitrogen and oxygen atoms in total. The summed E-state index contributed by atoms with van der Waals surface area (Å²) in [5.74, 6) is 0.315. The highest BCUT2D eigenvalue weighted by molar-refractivity contribution is 6.02. The molecule has 1 aromatic rings. The molecule has 1 aliphatic rings. The molecule has 0 radical (unpaired) electrons. The van der Waals surface area contributed by atoms with Gasteiger partial charge in [-0.05, 0) is 48.6 Å². The van der Waals surface area contributed by atoms with Crippen LogP contribution in [0, 0.1) is 0 Å². The highest BCUT2D eigenvalue weighted by Gasteiger charge is 2.25. The van der Waals surface area contributed by atoms with Gasteiger partial charge in [0.1, 0.15) is 5.75 Å². The Morgan fingerprint density at radius 1 is 1.12 bits per heavy atom. The van der Waals surface area contributed by atoms with Crippen molar-refractivity contribution in [1.29, 1.82) is 0 Å². The zero-order valence-corrected chi connectivity index (χ0v) is 15.3. The Balaban J connectivity index is 1.83. The number of esters is 1. The minimum absolute atomic E-state index is 0.135. The minimum Gasteiger partial charge on any atom is -0.494 e. The minimum atomic E-state index is -0.628. The van der Waals surface area contributed by atoms with Crippen LogP contribution in [0.2, 0.25) is 0 Å². The average Bonchev–Trinajstić information content (AvgIpc) is 2.60. The maximum absolute atomic E-state index is 12.1. The standard InChI is InChI=1S/C21H28O4/c1-3-4-5-6-7-14-24-19-11-8-17(9-12-19)18-10-13-21(20(23)15-18)25-16(2)22/h8-9,11-12,15,21H,3-7,10,13-14H2,1-2H3. The van der Waals surface area contributed by atoms with Gasteiger partial charge in [-0.1, -0.05) is 44.7 Å². The summed E-state index contributed by atoms with van der Waals surface area (Å²) in [5.41, 5.74) is 2.00. The van der Waals surface area contributed by atoms with Crippen LogP contribution in [0.1, 0.15) is 64.4 Å². The van der Waals surface area contributed by atoms with Gasteiger partial charge < -0.3 is 9.47 Å². The summed E-state index contributed by atoms with van der Waals surface area (Å²) in [6, 6.07) is 7.87. The summed E-state index contributed by atoms with van der Waals surface area (Å²) in [7, 11) is 0. The van der Waals surface area contributed by atoms with E-state index in [1.54, 1.807) is 6.08 Å². The normalized spacial score (nSPS) is 17.1. The number of ketones is 1. The molecule has 0 amide bonds. The predicted molar refractivity (Wildman–Crippen MR) is 98.5 cm³/mol. The molecule has 1 atom stereocenters. The first-order valence-corrected chi connectivity index (χ1v) is 9.25. The topological polar surface area (TPSA) is 52.6 Å². The van der Waals surface area contributed by atoms with Gasteiger partial charge in [0.15, 0.2) is 11.9 Å². The van der Waals surface area contributed by atoms with E-state index in [2.05, 4.69) is 6.92 Å². The van der Waals surface area contributed by atoms with Crippen molar-refractivity contribution >= 4 is 17.3 Å². The molecule has 0 N–H and O–H groups in total. The van der Waals surface area contributed by atoms with Crippen molar-refractivity contribution in [2.24, 2.45) is 0 Å². The van der Waals surface area contributed by atoms with Gasteiger partial charge in [-0.3, -0.25) is 9.59 Å². The number of ether oxygens (including phenoxy) is 2. The van der Waals surface area contributed by atoms with E-state index in [1.807, 2.05) is 24.3 Å². The molecular formula is C21H28O4. The van der Waals surface area contributed by atoms with E-state index in [0.717, 1.165) is 36.3 Å². The largest absolute Gasteiger partial charge is 0.494 e. The van der Waals surface area contributed by atoms with E-state index in [4.69, 9.17) is 9.47 Å². The van der Waals surface area contributed by atoms with Crippen LogP contribution in [-0.2, 0) is 14.3 Å². The van der Waals surface area contributed by atoms with E-state index in [9.17, 15) is 9.59 Å². The molecule has 0 saturated carbocycles. The third kappa shape index (κ3) is 6.37. The molecule has 0 aliphatic heterocycles. The Bertz CT molecular complexity index is 601. The lowest BCUT2D eigenvalue weighted by Gasteiger charge is -2.20. The van der Waals surface area contributed by atoms with Gasteiger partial charge in [-0.25, -0.2) is 0 Å². The maximum atomic E-state index is 12.1. The third-order valence-corrected chi connectivity index (χ3v) is 4.36. The fourth-order valence-corrected chi connectivity index (χ4v) is 2.97. The first-order valence-electron chi connectivity index (χ1n) is 9.25. The highest BCUT2D eigenvalue weighted by Crippen LogP contribution is 2.28. The van der Waals surface area contributed by atoms with Crippen LogP contribution >= 0.6 is 0 Å². The fraction of sp³-hybridized carbons (Fsp3) is 0.524. The Labute approximate surface area is 150 Å². The second kappa shape index (κ2) is 10.0. The van der Waals surface area contributed by atoms with Gasteiger partial charge in [-0.2, -0.15) is 0 Å². The van der Waals surface area contributed by atoms with Crippen LogP contribution in [0.5, 0.6) is 5.75 Å². The van der Waals surface area contributed by atoms with Crippen molar-refractivity contribution in [3.8, 4) is 5.75 Å². The Kier molecular flexibility index (Phi) is 7.71. The Morgan fingerprint density at radius 3 is 2.48 bits per heavy atom. The number of carbonyl (C=O) groups excluding carboxylic acids is 2. The van der Waals surface area contributed by atoms with E-state index < -0.39 is 12.1 Å².